The third-order valence-electron chi connectivity index (χ3n) is 2.86. The van der Waals surface area contributed by atoms with Crippen molar-refractivity contribution in [1.82, 2.24) is 4.90 Å². The van der Waals surface area contributed by atoms with Crippen LogP contribution in [0, 0.1) is 11.8 Å². The maximum absolute atomic E-state index is 11.7. The zero-order valence-electron chi connectivity index (χ0n) is 9.81. The Bertz CT molecular complexity index is 270. The number of carboxylic acid groups (broad SMARTS) is 1. The van der Waals surface area contributed by atoms with Crippen molar-refractivity contribution in [2.24, 2.45) is 11.8 Å². The molecule has 0 saturated carbocycles. The first-order chi connectivity index (χ1) is 7.56. The van der Waals surface area contributed by atoms with Gasteiger partial charge in [-0.1, -0.05) is 13.8 Å². The Morgan fingerprint density at radius 3 is 2.62 bits per heavy atom. The van der Waals surface area contributed by atoms with Crippen LogP contribution in [0.15, 0.2) is 0 Å². The Balaban J connectivity index is 2.39. The first kappa shape index (κ1) is 13.4. The standard InChI is InChI=1S/C11H19NO3S/c1-3-4-16-7-10(13)12-5-8(2)9(6-12)11(14)15/h8-9H,3-7H2,1-2H3,(H,14,15)/t8-,9-/m1/s1. The summed E-state index contributed by atoms with van der Waals surface area (Å²) in [6.07, 6.45) is 1.06. The molecule has 1 aliphatic heterocycles. The minimum atomic E-state index is -0.788. The van der Waals surface area contributed by atoms with E-state index in [0.717, 1.165) is 12.2 Å². The van der Waals surface area contributed by atoms with E-state index in [0.29, 0.717) is 18.8 Å². The van der Waals surface area contributed by atoms with E-state index >= 15 is 0 Å². The first-order valence-corrected chi connectivity index (χ1v) is 6.80. The molecule has 0 bridgehead atoms. The lowest BCUT2D eigenvalue weighted by Crippen LogP contribution is -2.31. The van der Waals surface area contributed by atoms with Crippen molar-refractivity contribution in [2.75, 3.05) is 24.6 Å². The van der Waals surface area contributed by atoms with E-state index in [2.05, 4.69) is 6.92 Å². The highest BCUT2D eigenvalue weighted by molar-refractivity contribution is 7.99. The van der Waals surface area contributed by atoms with Crippen LogP contribution in [0.4, 0.5) is 0 Å². The number of likely N-dealkylation sites (tertiary alicyclic amines) is 1. The molecule has 1 N–H and O–H groups in total. The van der Waals surface area contributed by atoms with Gasteiger partial charge in [-0.05, 0) is 18.1 Å². The van der Waals surface area contributed by atoms with Crippen LogP contribution in [0.5, 0.6) is 0 Å². The molecule has 0 unspecified atom stereocenters. The smallest absolute Gasteiger partial charge is 0.308 e. The Labute approximate surface area is 100 Å². The van der Waals surface area contributed by atoms with Crippen LogP contribution in [0.2, 0.25) is 0 Å². The molecule has 16 heavy (non-hydrogen) atoms. The van der Waals surface area contributed by atoms with Crippen LogP contribution < -0.4 is 0 Å². The fraction of sp³-hybridized carbons (Fsp3) is 0.818. The van der Waals surface area contributed by atoms with Crippen LogP contribution in [0.25, 0.3) is 0 Å². The van der Waals surface area contributed by atoms with Crippen molar-refractivity contribution in [3.8, 4) is 0 Å². The normalized spacial score (nSPS) is 24.8. The highest BCUT2D eigenvalue weighted by Crippen LogP contribution is 2.23. The summed E-state index contributed by atoms with van der Waals surface area (Å²) in [4.78, 5) is 24.3. The molecule has 0 radical (unpaired) electrons. The molecule has 0 aromatic carbocycles. The van der Waals surface area contributed by atoms with Crippen molar-refractivity contribution < 1.29 is 14.7 Å². The number of carbonyl (C=O) groups excluding carboxylic acids is 1. The maximum atomic E-state index is 11.7. The molecule has 1 heterocycles. The Kier molecular flexibility index (Phi) is 5.12. The summed E-state index contributed by atoms with van der Waals surface area (Å²) in [5, 5.41) is 8.95. The molecular weight excluding hydrogens is 226 g/mol. The summed E-state index contributed by atoms with van der Waals surface area (Å²) in [7, 11) is 0. The largest absolute Gasteiger partial charge is 0.481 e. The van der Waals surface area contributed by atoms with Gasteiger partial charge in [-0.15, -0.1) is 0 Å². The van der Waals surface area contributed by atoms with Crippen molar-refractivity contribution in [3.05, 3.63) is 0 Å². The first-order valence-electron chi connectivity index (χ1n) is 5.64. The summed E-state index contributed by atoms with van der Waals surface area (Å²) in [6, 6.07) is 0. The van der Waals surface area contributed by atoms with Gasteiger partial charge in [0.15, 0.2) is 0 Å². The van der Waals surface area contributed by atoms with Gasteiger partial charge >= 0.3 is 5.97 Å². The number of carboxylic acids is 1. The highest BCUT2D eigenvalue weighted by Gasteiger charge is 2.36. The number of thioether (sulfide) groups is 1. The van der Waals surface area contributed by atoms with Gasteiger partial charge in [-0.3, -0.25) is 9.59 Å². The Hall–Kier alpha value is -0.710. The van der Waals surface area contributed by atoms with E-state index in [-0.39, 0.29) is 17.7 Å². The zero-order chi connectivity index (χ0) is 12.1. The number of amides is 1. The number of carbonyl (C=O) groups is 2. The van der Waals surface area contributed by atoms with E-state index in [4.69, 9.17) is 5.11 Å². The molecule has 1 fully saturated rings. The summed E-state index contributed by atoms with van der Waals surface area (Å²) >= 11 is 1.62. The molecule has 0 aliphatic carbocycles. The van der Waals surface area contributed by atoms with Crippen LogP contribution in [-0.4, -0.2) is 46.5 Å². The van der Waals surface area contributed by atoms with Gasteiger partial charge in [-0.2, -0.15) is 11.8 Å². The van der Waals surface area contributed by atoms with Gasteiger partial charge < -0.3 is 10.0 Å². The van der Waals surface area contributed by atoms with Crippen LogP contribution >= 0.6 is 11.8 Å². The summed E-state index contributed by atoms with van der Waals surface area (Å²) < 4.78 is 0. The minimum Gasteiger partial charge on any atom is -0.481 e. The van der Waals surface area contributed by atoms with Crippen molar-refractivity contribution in [1.29, 1.82) is 0 Å². The molecule has 0 aromatic rings. The lowest BCUT2D eigenvalue weighted by Gasteiger charge is -2.15. The number of nitrogens with zero attached hydrogens (tertiary/aromatic N) is 1. The Morgan fingerprint density at radius 1 is 1.44 bits per heavy atom. The van der Waals surface area contributed by atoms with Crippen LogP contribution in [-0.2, 0) is 9.59 Å². The molecular formula is C11H19NO3S. The molecule has 1 saturated heterocycles. The van der Waals surface area contributed by atoms with Crippen LogP contribution in [0.1, 0.15) is 20.3 Å². The van der Waals surface area contributed by atoms with E-state index < -0.39 is 5.97 Å². The van der Waals surface area contributed by atoms with Gasteiger partial charge in [0.05, 0.1) is 11.7 Å². The molecule has 1 amide bonds. The maximum Gasteiger partial charge on any atom is 0.308 e. The van der Waals surface area contributed by atoms with Crippen molar-refractivity contribution >= 4 is 23.6 Å². The van der Waals surface area contributed by atoms with Gasteiger partial charge in [-0.25, -0.2) is 0 Å². The van der Waals surface area contributed by atoms with Crippen molar-refractivity contribution in [2.45, 2.75) is 20.3 Å². The van der Waals surface area contributed by atoms with Gasteiger partial charge in [0.2, 0.25) is 5.91 Å². The van der Waals surface area contributed by atoms with E-state index in [9.17, 15) is 9.59 Å². The van der Waals surface area contributed by atoms with E-state index in [1.165, 1.54) is 0 Å². The summed E-state index contributed by atoms with van der Waals surface area (Å²) in [6.45, 7) is 4.94. The topological polar surface area (TPSA) is 57.6 Å². The average Bonchev–Trinajstić information content (AvgIpc) is 2.60. The number of hydrogen-bond acceptors (Lipinski definition) is 3. The van der Waals surface area contributed by atoms with Gasteiger partial charge in [0, 0.05) is 13.1 Å². The van der Waals surface area contributed by atoms with Crippen molar-refractivity contribution in [3.63, 3.8) is 0 Å². The lowest BCUT2D eigenvalue weighted by atomic mass is 9.99. The number of hydrogen-bond donors (Lipinski definition) is 1. The Morgan fingerprint density at radius 2 is 2.12 bits per heavy atom. The quantitative estimate of drug-likeness (QED) is 0.742. The number of aliphatic carboxylic acids is 1. The number of rotatable bonds is 5. The predicted octanol–water partition coefficient (Wildman–Crippen LogP) is 1.31. The van der Waals surface area contributed by atoms with Gasteiger partial charge in [0.1, 0.15) is 0 Å². The molecule has 1 aliphatic rings. The molecule has 5 heteroatoms. The van der Waals surface area contributed by atoms with Gasteiger partial charge in [0.25, 0.3) is 0 Å². The molecule has 4 nitrogen and oxygen atoms in total. The fourth-order valence-electron chi connectivity index (χ4n) is 1.89. The predicted molar refractivity (Wildman–Crippen MR) is 64.5 cm³/mol. The third-order valence-corrected chi connectivity index (χ3v) is 4.00. The second kappa shape index (κ2) is 6.13. The second-order valence-electron chi connectivity index (χ2n) is 4.27. The molecule has 2 atom stereocenters. The highest BCUT2D eigenvalue weighted by atomic mass is 32.2. The second-order valence-corrected chi connectivity index (χ2v) is 5.38. The third kappa shape index (κ3) is 3.40. The minimum absolute atomic E-state index is 0.0672. The summed E-state index contributed by atoms with van der Waals surface area (Å²) in [5.74, 6) is 0.431. The molecule has 0 spiro atoms. The fourth-order valence-corrected chi connectivity index (χ4v) is 2.68. The molecule has 0 aromatic heterocycles. The molecule has 1 rings (SSSR count). The summed E-state index contributed by atoms with van der Waals surface area (Å²) in [5.41, 5.74) is 0. The van der Waals surface area contributed by atoms with E-state index in [1.54, 1.807) is 16.7 Å². The average molecular weight is 245 g/mol. The lowest BCUT2D eigenvalue weighted by molar-refractivity contribution is -0.142. The monoisotopic (exact) mass is 245 g/mol. The van der Waals surface area contributed by atoms with Crippen LogP contribution in [0.3, 0.4) is 0 Å². The zero-order valence-corrected chi connectivity index (χ0v) is 10.6. The molecule has 92 valence electrons. The SMILES string of the molecule is CCCSCC(=O)N1C[C@@H](C)[C@H](C(=O)O)C1. The van der Waals surface area contributed by atoms with E-state index in [1.807, 2.05) is 6.92 Å².